The minimum Gasteiger partial charge on any atom is -1.00 e. The number of quaternary nitrogens is 1. The van der Waals surface area contributed by atoms with Crippen LogP contribution in [0.15, 0.2) is 0 Å². The average molecular weight is 427 g/mol. The van der Waals surface area contributed by atoms with Crippen LogP contribution in [0.4, 0.5) is 0 Å². The maximum atomic E-state index is 8.89. The molecule has 0 atom stereocenters. The number of carboxylic acid groups (broad SMARTS) is 1. The number of aliphatic carboxylic acids is 1. The molecule has 5 heteroatoms. The normalized spacial score (nSPS) is 9.96. The number of nitrogens with zero attached hydrogens (tertiary/aromatic N) is 1. The first-order valence-corrected chi connectivity index (χ1v) is 9.00. The molecule has 23 heavy (non-hydrogen) atoms. The fourth-order valence-corrected chi connectivity index (χ4v) is 2.64. The summed E-state index contributed by atoms with van der Waals surface area (Å²) in [6, 6.07) is 0. The van der Waals surface area contributed by atoms with Crippen LogP contribution in [0.25, 0.3) is 0 Å². The number of carbonyl (C=O) groups is 1. The van der Waals surface area contributed by atoms with Crippen molar-refractivity contribution in [3.8, 4) is 0 Å². The van der Waals surface area contributed by atoms with E-state index in [0.717, 1.165) is 6.92 Å². The summed E-state index contributed by atoms with van der Waals surface area (Å²) >= 11 is 0. The quantitative estimate of drug-likeness (QED) is 0.341. The molecule has 0 spiro atoms. The summed E-state index contributed by atoms with van der Waals surface area (Å²) in [6.45, 7) is 16.0. The van der Waals surface area contributed by atoms with Gasteiger partial charge in [0.15, 0.2) is 0 Å². The predicted molar refractivity (Wildman–Crippen MR) is 90.0 cm³/mol. The van der Waals surface area contributed by atoms with E-state index in [4.69, 9.17) is 9.90 Å². The molecule has 0 rings (SSSR count). The zero-order valence-electron chi connectivity index (χ0n) is 15.9. The van der Waals surface area contributed by atoms with E-state index in [1.54, 1.807) is 0 Å². The van der Waals surface area contributed by atoms with Crippen molar-refractivity contribution in [2.24, 2.45) is 0 Å². The molecule has 145 valence electrons. The van der Waals surface area contributed by atoms with E-state index < -0.39 is 5.97 Å². The number of hydrogen-bond donors (Lipinski definition) is 0. The second kappa shape index (κ2) is 22.0. The van der Waals surface area contributed by atoms with Crippen LogP contribution in [0, 0.1) is 0 Å². The topological polar surface area (TPSA) is 40.1 Å². The number of hydrogen-bond acceptors (Lipinski definition) is 2. The molecule has 0 unspecified atom stereocenters. The molecule has 0 N–H and O–H groups in total. The molecular formula is C18H39FNO2Pd. The van der Waals surface area contributed by atoms with E-state index in [-0.39, 0.29) is 25.1 Å². The van der Waals surface area contributed by atoms with Gasteiger partial charge in [0, 0.05) is 5.97 Å². The van der Waals surface area contributed by atoms with Gasteiger partial charge in [0.05, 0.1) is 26.2 Å². The molecule has 3 nitrogen and oxygen atoms in total. The molecule has 0 aliphatic heterocycles. The smallest absolute Gasteiger partial charge is 1.00 e. The van der Waals surface area contributed by atoms with Crippen LogP contribution in [0.5, 0.6) is 0 Å². The van der Waals surface area contributed by atoms with Gasteiger partial charge in [-0.1, -0.05) is 53.4 Å². The van der Waals surface area contributed by atoms with Crippen LogP contribution < -0.4 is 9.81 Å². The first kappa shape index (κ1) is 30.9. The fraction of sp³-hybridized carbons (Fsp3) is 0.944. The van der Waals surface area contributed by atoms with Crippen molar-refractivity contribution < 1.29 is 39.5 Å². The number of unbranched alkanes of at least 4 members (excludes halogenated alkanes) is 4. The van der Waals surface area contributed by atoms with Gasteiger partial charge in [0.25, 0.3) is 0 Å². The first-order chi connectivity index (χ1) is 9.97. The molecule has 0 aromatic carbocycles. The molecule has 0 amide bonds. The summed E-state index contributed by atoms with van der Waals surface area (Å²) in [7, 11) is 0. The Labute approximate surface area is 157 Å². The van der Waals surface area contributed by atoms with Crippen LogP contribution >= 0.6 is 0 Å². The Morgan fingerprint density at radius 2 is 0.913 bits per heavy atom. The van der Waals surface area contributed by atoms with E-state index in [1.807, 2.05) is 0 Å². The Morgan fingerprint density at radius 1 is 0.739 bits per heavy atom. The maximum absolute atomic E-state index is 8.89. The zero-order valence-corrected chi connectivity index (χ0v) is 17.5. The van der Waals surface area contributed by atoms with Crippen LogP contribution in [0.2, 0.25) is 0 Å². The average Bonchev–Trinajstić information content (AvgIpc) is 2.45. The maximum Gasteiger partial charge on any atom is 1.00 e. The largest absolute Gasteiger partial charge is 1.00 e. The van der Waals surface area contributed by atoms with Crippen molar-refractivity contribution in [1.29, 1.82) is 0 Å². The van der Waals surface area contributed by atoms with Crippen molar-refractivity contribution in [2.75, 3.05) is 26.2 Å². The second-order valence-corrected chi connectivity index (χ2v) is 6.14. The molecule has 1 radical (unpaired) electrons. The Balaban J connectivity index is -0.000000268. The van der Waals surface area contributed by atoms with E-state index in [2.05, 4.69) is 27.7 Å². The predicted octanol–water partition coefficient (Wildman–Crippen LogP) is 0.761. The molecule has 0 aromatic heterocycles. The number of carbonyl (C=O) groups excluding carboxylic acids is 1. The van der Waals surface area contributed by atoms with E-state index in [1.165, 1.54) is 82.0 Å². The third-order valence-electron chi connectivity index (χ3n) is 3.94. The molecule has 0 aliphatic carbocycles. The Morgan fingerprint density at radius 3 is 1.04 bits per heavy atom. The molecular weight excluding hydrogens is 388 g/mol. The van der Waals surface area contributed by atoms with Gasteiger partial charge in [0.2, 0.25) is 0 Å². The molecule has 0 aliphatic rings. The van der Waals surface area contributed by atoms with Crippen LogP contribution in [-0.2, 0) is 25.2 Å². The fourth-order valence-electron chi connectivity index (χ4n) is 2.64. The van der Waals surface area contributed by atoms with Gasteiger partial charge in [-0.25, -0.2) is 0 Å². The molecule has 0 fully saturated rings. The van der Waals surface area contributed by atoms with Crippen LogP contribution in [-0.4, -0.2) is 36.6 Å². The van der Waals surface area contributed by atoms with Crippen LogP contribution in [0.1, 0.15) is 86.0 Å². The van der Waals surface area contributed by atoms with Gasteiger partial charge in [-0.05, 0) is 32.6 Å². The summed E-state index contributed by atoms with van der Waals surface area (Å²) < 4.78 is 1.42. The molecule has 0 aromatic rings. The van der Waals surface area contributed by atoms with E-state index >= 15 is 0 Å². The van der Waals surface area contributed by atoms with Gasteiger partial charge in [-0.2, -0.15) is 0 Å². The summed E-state index contributed by atoms with van der Waals surface area (Å²) in [5.41, 5.74) is 0. The van der Waals surface area contributed by atoms with Crippen molar-refractivity contribution in [1.82, 2.24) is 0 Å². The minimum absolute atomic E-state index is 0. The molecule has 0 heterocycles. The summed E-state index contributed by atoms with van der Waals surface area (Å²) in [5, 5.41) is 8.89. The third kappa shape index (κ3) is 22.0. The van der Waals surface area contributed by atoms with Gasteiger partial charge in [0.1, 0.15) is 0 Å². The number of halogens is 1. The summed E-state index contributed by atoms with van der Waals surface area (Å²) in [6.07, 6.45) is 11.1. The standard InChI is InChI=1S/C16H36N.C2H4O2.FH.Pd/c1-5-9-13-17(14-10-6-2,15-11-7-3)16-12-8-4;1-2(3)4;;/h5-16H2,1-4H3;1H3,(H,3,4);1H;/q+1;;;+1/p-2. The van der Waals surface area contributed by atoms with Gasteiger partial charge in [-0.15, -0.1) is 0 Å². The summed E-state index contributed by atoms with van der Waals surface area (Å²) in [4.78, 5) is 8.89. The van der Waals surface area contributed by atoms with Gasteiger partial charge in [-0.3, -0.25) is 0 Å². The number of rotatable bonds is 12. The molecule has 0 saturated heterocycles. The van der Waals surface area contributed by atoms with Crippen molar-refractivity contribution in [3.63, 3.8) is 0 Å². The van der Waals surface area contributed by atoms with E-state index in [0.29, 0.717) is 0 Å². The first-order valence-electron chi connectivity index (χ1n) is 9.00. The van der Waals surface area contributed by atoms with Crippen molar-refractivity contribution in [2.45, 2.75) is 86.0 Å². The molecule has 0 bridgehead atoms. The zero-order chi connectivity index (χ0) is 16.6. The van der Waals surface area contributed by atoms with Crippen molar-refractivity contribution >= 4 is 5.97 Å². The Hall–Kier alpha value is 0.0223. The van der Waals surface area contributed by atoms with Gasteiger partial charge < -0.3 is 19.1 Å². The number of carboxylic acids is 1. The van der Waals surface area contributed by atoms with Crippen molar-refractivity contribution in [3.05, 3.63) is 0 Å². The minimum atomic E-state index is -1.08. The Kier molecular flexibility index (Phi) is 29.5. The monoisotopic (exact) mass is 426 g/mol. The van der Waals surface area contributed by atoms with Crippen LogP contribution in [0.3, 0.4) is 0 Å². The van der Waals surface area contributed by atoms with Gasteiger partial charge >= 0.3 is 20.4 Å². The SMILES string of the molecule is CC(=O)[O-].CCCC[N+](CCCC)(CCCC)CCCC.[F-].[Pd+]. The molecule has 0 saturated carbocycles. The van der Waals surface area contributed by atoms with E-state index in [9.17, 15) is 0 Å². The summed E-state index contributed by atoms with van der Waals surface area (Å²) in [5.74, 6) is -1.08. The third-order valence-corrected chi connectivity index (χ3v) is 3.94. The second-order valence-electron chi connectivity index (χ2n) is 6.14. The Bertz CT molecular complexity index is 200.